The third-order valence-electron chi connectivity index (χ3n) is 2.27. The van der Waals surface area contributed by atoms with Crippen LogP contribution in [0.2, 0.25) is 0 Å². The van der Waals surface area contributed by atoms with Crippen LogP contribution in [0, 0.1) is 0 Å². The van der Waals surface area contributed by atoms with Crippen LogP contribution in [0.25, 0.3) is 0 Å². The SMILES string of the molecule is CO[Si](OC)(OC)c1ccc(CCl)cc1.[SiH4]. The summed E-state index contributed by atoms with van der Waals surface area (Å²) in [7, 11) is 2.10. The normalized spacial score (nSPS) is 11.0. The van der Waals surface area contributed by atoms with Gasteiger partial charge in [-0.3, -0.25) is 0 Å². The molecule has 0 aromatic heterocycles. The molecular formula is C10H19ClO3Si2. The van der Waals surface area contributed by atoms with E-state index in [2.05, 4.69) is 0 Å². The number of rotatable bonds is 5. The molecule has 0 radical (unpaired) electrons. The summed E-state index contributed by atoms with van der Waals surface area (Å²) >= 11 is 5.71. The lowest BCUT2D eigenvalue weighted by molar-refractivity contribution is 0.140. The van der Waals surface area contributed by atoms with Crippen molar-refractivity contribution in [3.8, 4) is 0 Å². The van der Waals surface area contributed by atoms with Gasteiger partial charge in [0.25, 0.3) is 0 Å². The molecule has 0 bridgehead atoms. The predicted molar refractivity (Wildman–Crippen MR) is 73.7 cm³/mol. The minimum Gasteiger partial charge on any atom is -0.373 e. The van der Waals surface area contributed by atoms with Crippen LogP contribution in [-0.4, -0.2) is 41.1 Å². The highest BCUT2D eigenvalue weighted by Crippen LogP contribution is 2.09. The van der Waals surface area contributed by atoms with Crippen LogP contribution in [0.1, 0.15) is 5.56 Å². The lowest BCUT2D eigenvalue weighted by Gasteiger charge is -2.24. The maximum absolute atomic E-state index is 5.71. The molecule has 0 spiro atoms. The first kappa shape index (κ1) is 15.8. The molecule has 0 fully saturated rings. The summed E-state index contributed by atoms with van der Waals surface area (Å²) in [5, 5.41) is 0.934. The number of hydrogen-bond donors (Lipinski definition) is 0. The predicted octanol–water partition coefficient (Wildman–Crippen LogP) is 0.0589. The van der Waals surface area contributed by atoms with Crippen LogP contribution in [0.4, 0.5) is 0 Å². The van der Waals surface area contributed by atoms with Crippen molar-refractivity contribution < 1.29 is 13.3 Å². The van der Waals surface area contributed by atoms with Crippen LogP contribution in [0.3, 0.4) is 0 Å². The molecule has 6 heteroatoms. The number of halogens is 1. The van der Waals surface area contributed by atoms with Crippen molar-refractivity contribution in [2.75, 3.05) is 21.3 Å². The smallest absolute Gasteiger partial charge is 0.373 e. The summed E-state index contributed by atoms with van der Waals surface area (Å²) < 4.78 is 16.1. The zero-order valence-corrected chi connectivity index (χ0v) is 10.9. The molecule has 0 aliphatic carbocycles. The lowest BCUT2D eigenvalue weighted by Crippen LogP contribution is -2.54. The van der Waals surface area contributed by atoms with Gasteiger partial charge >= 0.3 is 8.80 Å². The van der Waals surface area contributed by atoms with Gasteiger partial charge in [-0.15, -0.1) is 11.6 Å². The van der Waals surface area contributed by atoms with Crippen molar-refractivity contribution in [3.05, 3.63) is 29.8 Å². The van der Waals surface area contributed by atoms with Gasteiger partial charge in [-0.05, 0) is 16.5 Å². The van der Waals surface area contributed by atoms with E-state index >= 15 is 0 Å². The molecule has 1 rings (SSSR count). The van der Waals surface area contributed by atoms with Gasteiger partial charge in [-0.1, -0.05) is 24.3 Å². The Hall–Kier alpha value is -0.176. The Morgan fingerprint density at radius 3 is 1.75 bits per heavy atom. The Bertz CT molecular complexity index is 293. The fourth-order valence-electron chi connectivity index (χ4n) is 1.40. The van der Waals surface area contributed by atoms with E-state index in [1.54, 1.807) is 21.3 Å². The van der Waals surface area contributed by atoms with E-state index in [1.165, 1.54) is 0 Å². The third-order valence-corrected chi connectivity index (χ3v) is 5.23. The van der Waals surface area contributed by atoms with E-state index in [4.69, 9.17) is 24.9 Å². The Morgan fingerprint density at radius 1 is 1.00 bits per heavy atom. The summed E-state index contributed by atoms with van der Waals surface area (Å²) in [4.78, 5) is 0. The first-order valence-electron chi connectivity index (χ1n) is 4.53. The van der Waals surface area contributed by atoms with Gasteiger partial charge in [0, 0.05) is 32.4 Å². The maximum Gasteiger partial charge on any atom is 0.536 e. The monoisotopic (exact) mass is 278 g/mol. The number of alkyl halides is 1. The Kier molecular flexibility index (Phi) is 7.13. The fourth-order valence-corrected chi connectivity index (χ4v) is 3.36. The van der Waals surface area contributed by atoms with E-state index in [9.17, 15) is 0 Å². The van der Waals surface area contributed by atoms with Gasteiger partial charge in [0.1, 0.15) is 0 Å². The summed E-state index contributed by atoms with van der Waals surface area (Å²) in [6.45, 7) is 0. The Morgan fingerprint density at radius 2 is 1.44 bits per heavy atom. The van der Waals surface area contributed by atoms with Gasteiger partial charge in [-0.25, -0.2) is 0 Å². The Balaban J connectivity index is 0.00000225. The van der Waals surface area contributed by atoms with E-state index in [0.29, 0.717) is 5.88 Å². The minimum atomic E-state index is -2.67. The highest BCUT2D eigenvalue weighted by atomic mass is 35.5. The Labute approximate surface area is 107 Å². The fraction of sp³-hybridized carbons (Fsp3) is 0.400. The van der Waals surface area contributed by atoms with Crippen LogP contribution in [-0.2, 0) is 19.2 Å². The van der Waals surface area contributed by atoms with Gasteiger partial charge in [-0.2, -0.15) is 0 Å². The molecule has 0 atom stereocenters. The molecule has 0 amide bonds. The first-order chi connectivity index (χ1) is 7.22. The molecule has 0 saturated heterocycles. The molecule has 0 heterocycles. The van der Waals surface area contributed by atoms with E-state index in [-0.39, 0.29) is 11.0 Å². The summed E-state index contributed by atoms with van der Waals surface area (Å²) in [6.07, 6.45) is 0. The zero-order valence-electron chi connectivity index (χ0n) is 9.12. The number of benzene rings is 1. The molecular weight excluding hydrogens is 260 g/mol. The van der Waals surface area contributed by atoms with Gasteiger partial charge in [0.2, 0.25) is 0 Å². The second-order valence-corrected chi connectivity index (χ2v) is 6.18. The third kappa shape index (κ3) is 3.16. The van der Waals surface area contributed by atoms with Crippen LogP contribution >= 0.6 is 11.6 Å². The summed E-state index contributed by atoms with van der Waals surface area (Å²) in [5.74, 6) is 0.502. The first-order valence-corrected chi connectivity index (χ1v) is 6.79. The standard InChI is InChI=1S/C10H15ClO3Si.H4Si/c1-12-15(13-2,14-3)10-6-4-9(8-11)5-7-10;/h4-7H,8H2,1-3H3;1H4. The van der Waals surface area contributed by atoms with Crippen molar-refractivity contribution in [1.29, 1.82) is 0 Å². The van der Waals surface area contributed by atoms with Crippen LogP contribution in [0.5, 0.6) is 0 Å². The molecule has 0 aliphatic rings. The van der Waals surface area contributed by atoms with Crippen molar-refractivity contribution in [2.45, 2.75) is 5.88 Å². The van der Waals surface area contributed by atoms with Crippen LogP contribution in [0.15, 0.2) is 24.3 Å². The summed E-state index contributed by atoms with van der Waals surface area (Å²) in [6, 6.07) is 7.75. The summed E-state index contributed by atoms with van der Waals surface area (Å²) in [5.41, 5.74) is 1.06. The lowest BCUT2D eigenvalue weighted by atomic mass is 10.2. The second kappa shape index (κ2) is 7.21. The van der Waals surface area contributed by atoms with Gasteiger partial charge < -0.3 is 13.3 Å². The molecule has 0 N–H and O–H groups in total. The van der Waals surface area contributed by atoms with E-state index < -0.39 is 8.80 Å². The van der Waals surface area contributed by atoms with Gasteiger partial charge in [0.05, 0.1) is 0 Å². The van der Waals surface area contributed by atoms with Gasteiger partial charge in [0.15, 0.2) is 0 Å². The highest BCUT2D eigenvalue weighted by molar-refractivity contribution is 6.75. The molecule has 0 aliphatic heterocycles. The largest absolute Gasteiger partial charge is 0.536 e. The highest BCUT2D eigenvalue weighted by Gasteiger charge is 2.40. The van der Waals surface area contributed by atoms with Crippen molar-refractivity contribution in [3.63, 3.8) is 0 Å². The maximum atomic E-state index is 5.71. The van der Waals surface area contributed by atoms with E-state index in [0.717, 1.165) is 10.8 Å². The molecule has 1 aromatic carbocycles. The average molecular weight is 279 g/mol. The molecule has 0 unspecified atom stereocenters. The molecule has 3 nitrogen and oxygen atoms in total. The number of hydrogen-bond acceptors (Lipinski definition) is 3. The molecule has 16 heavy (non-hydrogen) atoms. The van der Waals surface area contributed by atoms with Crippen molar-refractivity contribution in [2.24, 2.45) is 0 Å². The topological polar surface area (TPSA) is 27.7 Å². The zero-order chi connectivity index (χ0) is 11.3. The molecule has 92 valence electrons. The second-order valence-electron chi connectivity index (χ2n) is 3.00. The molecule has 1 aromatic rings. The van der Waals surface area contributed by atoms with Crippen molar-refractivity contribution in [1.82, 2.24) is 0 Å². The van der Waals surface area contributed by atoms with Crippen LogP contribution < -0.4 is 5.19 Å². The van der Waals surface area contributed by atoms with E-state index in [1.807, 2.05) is 24.3 Å². The molecule has 0 saturated carbocycles. The quantitative estimate of drug-likeness (QED) is 0.563. The van der Waals surface area contributed by atoms with Crippen molar-refractivity contribution >= 4 is 36.6 Å². The minimum absolute atomic E-state index is 0. The average Bonchev–Trinajstić information content (AvgIpc) is 2.33.